The van der Waals surface area contributed by atoms with Crippen molar-refractivity contribution in [2.24, 2.45) is 0 Å². The lowest BCUT2D eigenvalue weighted by Gasteiger charge is -2.16. The molecule has 0 aliphatic heterocycles. The first-order chi connectivity index (χ1) is 6.68. The molecule has 0 radical (unpaired) electrons. The normalized spacial score (nSPS) is 12.9. The number of hydrogen-bond acceptors (Lipinski definition) is 2. The van der Waals surface area contributed by atoms with Gasteiger partial charge in [0.15, 0.2) is 0 Å². The van der Waals surface area contributed by atoms with Crippen LogP contribution in [-0.2, 0) is 12.6 Å². The number of nitrogens with zero attached hydrogens (tertiary/aromatic N) is 1. The molecule has 0 aromatic carbocycles. The Hall–Kier alpha value is -1.10. The van der Waals surface area contributed by atoms with Crippen molar-refractivity contribution in [1.82, 2.24) is 4.98 Å². The van der Waals surface area contributed by atoms with Crippen molar-refractivity contribution in [3.8, 4) is 0 Å². The number of pyridine rings is 1. The molecule has 5 heteroatoms. The molecule has 0 aliphatic rings. The van der Waals surface area contributed by atoms with Crippen molar-refractivity contribution in [3.63, 3.8) is 0 Å². The molecule has 15 heavy (non-hydrogen) atoms. The SMILES string of the molecule is CC(C)(O)Cc1ccc(C(F)(F)F)cn1. The van der Waals surface area contributed by atoms with Crippen LogP contribution in [0.1, 0.15) is 25.1 Å². The topological polar surface area (TPSA) is 33.1 Å². The highest BCUT2D eigenvalue weighted by molar-refractivity contribution is 5.17. The van der Waals surface area contributed by atoms with Crippen molar-refractivity contribution >= 4 is 0 Å². The summed E-state index contributed by atoms with van der Waals surface area (Å²) in [6, 6.07) is 2.24. The molecular weight excluding hydrogens is 207 g/mol. The monoisotopic (exact) mass is 219 g/mol. The molecule has 1 N–H and O–H groups in total. The fourth-order valence-corrected chi connectivity index (χ4v) is 1.14. The van der Waals surface area contributed by atoms with E-state index in [1.807, 2.05) is 0 Å². The van der Waals surface area contributed by atoms with E-state index in [1.54, 1.807) is 13.8 Å². The zero-order chi connectivity index (χ0) is 11.7. The van der Waals surface area contributed by atoms with Gasteiger partial charge in [0, 0.05) is 18.3 Å². The van der Waals surface area contributed by atoms with Crippen LogP contribution in [0.25, 0.3) is 0 Å². The van der Waals surface area contributed by atoms with Gasteiger partial charge < -0.3 is 5.11 Å². The van der Waals surface area contributed by atoms with Crippen LogP contribution in [0.3, 0.4) is 0 Å². The van der Waals surface area contributed by atoms with E-state index in [0.29, 0.717) is 5.69 Å². The number of alkyl halides is 3. The van der Waals surface area contributed by atoms with Crippen LogP contribution in [-0.4, -0.2) is 15.7 Å². The van der Waals surface area contributed by atoms with E-state index >= 15 is 0 Å². The Morgan fingerprint density at radius 3 is 2.20 bits per heavy atom. The van der Waals surface area contributed by atoms with Crippen LogP contribution >= 0.6 is 0 Å². The van der Waals surface area contributed by atoms with Crippen molar-refractivity contribution in [2.75, 3.05) is 0 Å². The van der Waals surface area contributed by atoms with Crippen molar-refractivity contribution in [3.05, 3.63) is 29.6 Å². The minimum Gasteiger partial charge on any atom is -0.390 e. The first kappa shape index (κ1) is 12.0. The lowest BCUT2D eigenvalue weighted by molar-refractivity contribution is -0.137. The highest BCUT2D eigenvalue weighted by Gasteiger charge is 2.30. The van der Waals surface area contributed by atoms with E-state index in [-0.39, 0.29) is 6.42 Å². The number of aromatic nitrogens is 1. The molecule has 0 fully saturated rings. The van der Waals surface area contributed by atoms with Gasteiger partial charge in [-0.05, 0) is 26.0 Å². The zero-order valence-electron chi connectivity index (χ0n) is 8.47. The number of halogens is 3. The van der Waals surface area contributed by atoms with Gasteiger partial charge in [0.1, 0.15) is 0 Å². The molecule has 0 amide bonds. The number of rotatable bonds is 2. The largest absolute Gasteiger partial charge is 0.417 e. The quantitative estimate of drug-likeness (QED) is 0.828. The second kappa shape index (κ2) is 3.81. The van der Waals surface area contributed by atoms with Crippen molar-refractivity contribution in [1.29, 1.82) is 0 Å². The molecule has 84 valence electrons. The summed E-state index contributed by atoms with van der Waals surface area (Å²) in [4.78, 5) is 3.65. The lowest BCUT2D eigenvalue weighted by Crippen LogP contribution is -2.22. The first-order valence-corrected chi connectivity index (χ1v) is 4.43. The number of aliphatic hydroxyl groups is 1. The Morgan fingerprint density at radius 1 is 1.27 bits per heavy atom. The molecular formula is C10H12F3NO. The predicted molar refractivity (Wildman–Crippen MR) is 49.2 cm³/mol. The van der Waals surface area contributed by atoms with Crippen LogP contribution in [0.15, 0.2) is 18.3 Å². The summed E-state index contributed by atoms with van der Waals surface area (Å²) in [5.41, 5.74) is -1.30. The maximum absolute atomic E-state index is 12.2. The molecule has 1 rings (SSSR count). The van der Waals surface area contributed by atoms with Crippen LogP contribution in [0.4, 0.5) is 13.2 Å². The smallest absolute Gasteiger partial charge is 0.390 e. The maximum atomic E-state index is 12.2. The van der Waals surface area contributed by atoms with Gasteiger partial charge in [-0.25, -0.2) is 0 Å². The fraction of sp³-hybridized carbons (Fsp3) is 0.500. The summed E-state index contributed by atoms with van der Waals surface area (Å²) in [6.45, 7) is 3.15. The summed E-state index contributed by atoms with van der Waals surface area (Å²) in [6.07, 6.45) is -3.35. The molecule has 0 unspecified atom stereocenters. The van der Waals surface area contributed by atoms with Crippen molar-refractivity contribution < 1.29 is 18.3 Å². The third-order valence-electron chi connectivity index (χ3n) is 1.77. The second-order valence-electron chi connectivity index (χ2n) is 4.03. The van der Waals surface area contributed by atoms with Gasteiger partial charge in [0.25, 0.3) is 0 Å². The summed E-state index contributed by atoms with van der Waals surface area (Å²) in [7, 11) is 0. The van der Waals surface area contributed by atoms with Gasteiger partial charge in [-0.1, -0.05) is 0 Å². The van der Waals surface area contributed by atoms with Gasteiger partial charge in [-0.3, -0.25) is 4.98 Å². The molecule has 1 heterocycles. The minimum atomic E-state index is -4.36. The van der Waals surface area contributed by atoms with Crippen LogP contribution in [0.5, 0.6) is 0 Å². The Kier molecular flexibility index (Phi) is 3.04. The van der Waals surface area contributed by atoms with E-state index in [0.717, 1.165) is 12.3 Å². The van der Waals surface area contributed by atoms with E-state index in [9.17, 15) is 18.3 Å². The zero-order valence-corrected chi connectivity index (χ0v) is 8.47. The third kappa shape index (κ3) is 3.87. The Labute approximate surface area is 85.8 Å². The average molecular weight is 219 g/mol. The maximum Gasteiger partial charge on any atom is 0.417 e. The fourth-order valence-electron chi connectivity index (χ4n) is 1.14. The molecule has 1 aromatic heterocycles. The molecule has 0 bridgehead atoms. The summed E-state index contributed by atoms with van der Waals surface area (Å²) < 4.78 is 36.5. The molecule has 0 atom stereocenters. The molecule has 0 saturated carbocycles. The van der Waals surface area contributed by atoms with Gasteiger partial charge in [0.05, 0.1) is 11.2 Å². The van der Waals surface area contributed by atoms with Crippen LogP contribution in [0.2, 0.25) is 0 Å². The van der Waals surface area contributed by atoms with E-state index < -0.39 is 17.3 Å². The molecule has 0 aliphatic carbocycles. The predicted octanol–water partition coefficient (Wildman–Crippen LogP) is 2.41. The Balaban J connectivity index is 2.82. The standard InChI is InChI=1S/C10H12F3NO/c1-9(2,15)5-8-4-3-7(6-14-8)10(11,12)13/h3-4,6,15H,5H2,1-2H3. The Morgan fingerprint density at radius 2 is 1.87 bits per heavy atom. The third-order valence-corrected chi connectivity index (χ3v) is 1.77. The molecule has 1 aromatic rings. The Bertz CT molecular complexity index is 324. The highest BCUT2D eigenvalue weighted by atomic mass is 19.4. The minimum absolute atomic E-state index is 0.227. The highest BCUT2D eigenvalue weighted by Crippen LogP contribution is 2.28. The summed E-state index contributed by atoms with van der Waals surface area (Å²) >= 11 is 0. The number of hydrogen-bond donors (Lipinski definition) is 1. The van der Waals surface area contributed by atoms with E-state index in [1.165, 1.54) is 6.07 Å². The molecule has 2 nitrogen and oxygen atoms in total. The second-order valence-corrected chi connectivity index (χ2v) is 4.03. The van der Waals surface area contributed by atoms with Gasteiger partial charge in [-0.15, -0.1) is 0 Å². The average Bonchev–Trinajstić information content (AvgIpc) is 2.00. The lowest BCUT2D eigenvalue weighted by atomic mass is 10.0. The molecule has 0 spiro atoms. The van der Waals surface area contributed by atoms with E-state index in [2.05, 4.69) is 4.98 Å². The van der Waals surface area contributed by atoms with Gasteiger partial charge in [-0.2, -0.15) is 13.2 Å². The molecule has 0 saturated heterocycles. The van der Waals surface area contributed by atoms with Crippen molar-refractivity contribution in [2.45, 2.75) is 32.0 Å². The van der Waals surface area contributed by atoms with Gasteiger partial charge in [0.2, 0.25) is 0 Å². The van der Waals surface area contributed by atoms with Crippen LogP contribution < -0.4 is 0 Å². The summed E-state index contributed by atoms with van der Waals surface area (Å²) in [5.74, 6) is 0. The van der Waals surface area contributed by atoms with Gasteiger partial charge >= 0.3 is 6.18 Å². The van der Waals surface area contributed by atoms with E-state index in [4.69, 9.17) is 0 Å². The first-order valence-electron chi connectivity index (χ1n) is 4.43. The summed E-state index contributed by atoms with van der Waals surface area (Å²) in [5, 5.41) is 9.44. The van der Waals surface area contributed by atoms with Crippen LogP contribution in [0, 0.1) is 0 Å².